The maximum absolute atomic E-state index is 12.4. The molecule has 1 aromatic carbocycles. The molecule has 0 aliphatic carbocycles. The molecule has 0 spiro atoms. The van der Waals surface area contributed by atoms with Gasteiger partial charge in [-0.2, -0.15) is 0 Å². The van der Waals surface area contributed by atoms with Gasteiger partial charge in [0, 0.05) is 12.3 Å². The number of hydrogen-bond donors (Lipinski definition) is 1. The molecule has 0 fully saturated rings. The molecule has 1 aromatic heterocycles. The quantitative estimate of drug-likeness (QED) is 0.855. The van der Waals surface area contributed by atoms with Crippen molar-refractivity contribution in [2.75, 3.05) is 18.9 Å². The summed E-state index contributed by atoms with van der Waals surface area (Å²) in [6, 6.07) is 8.17. The van der Waals surface area contributed by atoms with Gasteiger partial charge in [-0.25, -0.2) is 9.00 Å². The van der Waals surface area contributed by atoms with Crippen LogP contribution in [0.4, 0.5) is 5.69 Å². The molecule has 0 saturated heterocycles. The van der Waals surface area contributed by atoms with Crippen molar-refractivity contribution in [3.05, 3.63) is 48.3 Å². The summed E-state index contributed by atoms with van der Waals surface area (Å²) in [5, 5.41) is 0. The van der Waals surface area contributed by atoms with Crippen molar-refractivity contribution >= 4 is 22.6 Å². The van der Waals surface area contributed by atoms with Gasteiger partial charge in [0.2, 0.25) is 0 Å². The van der Waals surface area contributed by atoms with Gasteiger partial charge in [-0.15, -0.1) is 0 Å². The third-order valence-corrected chi connectivity index (χ3v) is 3.86. The Morgan fingerprint density at radius 3 is 2.71 bits per heavy atom. The van der Waals surface area contributed by atoms with Crippen molar-refractivity contribution < 1.29 is 18.5 Å². The van der Waals surface area contributed by atoms with Gasteiger partial charge in [0.15, 0.2) is 11.0 Å². The molecule has 1 heterocycles. The van der Waals surface area contributed by atoms with Gasteiger partial charge >= 0.3 is 5.97 Å². The van der Waals surface area contributed by atoms with Crippen molar-refractivity contribution in [2.45, 2.75) is 4.90 Å². The predicted octanol–water partition coefficient (Wildman–Crippen LogP) is 2.01. The fourth-order valence-corrected chi connectivity index (χ4v) is 2.71. The van der Waals surface area contributed by atoms with Gasteiger partial charge in [-0.1, -0.05) is 12.1 Å². The molecular formula is C14H14N2O4S. The van der Waals surface area contributed by atoms with Crippen molar-refractivity contribution in [1.29, 1.82) is 0 Å². The molecule has 0 aliphatic heterocycles. The second-order valence-corrected chi connectivity index (χ2v) is 5.12. The molecule has 1 N–H and O–H groups in total. The summed E-state index contributed by atoms with van der Waals surface area (Å²) < 4.78 is 25.0. The Morgan fingerprint density at radius 1 is 1.24 bits per heavy atom. The van der Waals surface area contributed by atoms with Crippen LogP contribution < -0.4 is 9.46 Å². The topological polar surface area (TPSA) is 77.5 Å². The number of benzene rings is 1. The average molecular weight is 306 g/mol. The van der Waals surface area contributed by atoms with Crippen LogP contribution in [0.15, 0.2) is 47.6 Å². The monoisotopic (exact) mass is 306 g/mol. The fourth-order valence-electron chi connectivity index (χ4n) is 1.70. The molecule has 110 valence electrons. The second kappa shape index (κ2) is 6.85. The highest BCUT2D eigenvalue weighted by atomic mass is 32.2. The van der Waals surface area contributed by atoms with Crippen LogP contribution in [0.5, 0.6) is 5.75 Å². The van der Waals surface area contributed by atoms with E-state index in [2.05, 4.69) is 14.4 Å². The zero-order valence-electron chi connectivity index (χ0n) is 11.5. The Kier molecular flexibility index (Phi) is 4.89. The van der Waals surface area contributed by atoms with Crippen molar-refractivity contribution in [3.63, 3.8) is 0 Å². The Morgan fingerprint density at radius 2 is 2.00 bits per heavy atom. The molecule has 0 saturated carbocycles. The molecule has 0 aliphatic rings. The number of nitrogens with one attached hydrogen (secondary N) is 1. The van der Waals surface area contributed by atoms with Gasteiger partial charge in [-0.3, -0.25) is 9.71 Å². The third-order valence-electron chi connectivity index (χ3n) is 2.70. The second-order valence-electron chi connectivity index (χ2n) is 3.93. The average Bonchev–Trinajstić information content (AvgIpc) is 2.54. The van der Waals surface area contributed by atoms with Gasteiger partial charge in [0.25, 0.3) is 0 Å². The summed E-state index contributed by atoms with van der Waals surface area (Å²) in [7, 11) is 1.13. The lowest BCUT2D eigenvalue weighted by atomic mass is 10.2. The highest BCUT2D eigenvalue weighted by molar-refractivity contribution is 7.86. The third kappa shape index (κ3) is 3.38. The van der Waals surface area contributed by atoms with E-state index in [4.69, 9.17) is 4.74 Å². The van der Waals surface area contributed by atoms with E-state index >= 15 is 0 Å². The zero-order valence-corrected chi connectivity index (χ0v) is 12.3. The Balaban J connectivity index is 2.31. The molecule has 0 bridgehead atoms. The van der Waals surface area contributed by atoms with Crippen molar-refractivity contribution in [3.8, 4) is 5.75 Å². The van der Waals surface area contributed by atoms with Crippen LogP contribution in [0.1, 0.15) is 10.4 Å². The van der Waals surface area contributed by atoms with Crippen LogP contribution in [0, 0.1) is 0 Å². The van der Waals surface area contributed by atoms with Gasteiger partial charge in [0.05, 0.1) is 30.9 Å². The summed E-state index contributed by atoms with van der Waals surface area (Å²) in [5.41, 5.74) is 0.715. The molecule has 2 rings (SSSR count). The van der Waals surface area contributed by atoms with E-state index in [0.717, 1.165) is 0 Å². The molecular weight excluding hydrogens is 292 g/mol. The largest absolute Gasteiger partial charge is 0.494 e. The van der Waals surface area contributed by atoms with Crippen LogP contribution in [0.2, 0.25) is 0 Å². The van der Waals surface area contributed by atoms with E-state index in [0.29, 0.717) is 16.3 Å². The number of ether oxygens (including phenoxy) is 2. The minimum Gasteiger partial charge on any atom is -0.494 e. The molecule has 1 unspecified atom stereocenters. The van der Waals surface area contributed by atoms with Gasteiger partial charge in [-0.05, 0) is 12.1 Å². The first-order valence-electron chi connectivity index (χ1n) is 6.01. The van der Waals surface area contributed by atoms with E-state index in [9.17, 15) is 9.00 Å². The summed E-state index contributed by atoms with van der Waals surface area (Å²) in [4.78, 5) is 16.0. The SMILES string of the molecule is COC(=O)c1ccccc1S(=O)Nc1cnccc1OC. The number of hydrogen-bond acceptors (Lipinski definition) is 5. The first-order chi connectivity index (χ1) is 10.2. The fraction of sp³-hybridized carbons (Fsp3) is 0.143. The summed E-state index contributed by atoms with van der Waals surface area (Å²) >= 11 is 0. The lowest BCUT2D eigenvalue weighted by Crippen LogP contribution is -2.12. The lowest BCUT2D eigenvalue weighted by molar-refractivity contribution is 0.0596. The molecule has 1 atom stereocenters. The number of carbonyl (C=O) groups is 1. The number of nitrogens with zero attached hydrogens (tertiary/aromatic N) is 1. The Bertz CT molecular complexity index is 676. The Labute approximate surface area is 124 Å². The first kappa shape index (κ1) is 15.0. The number of carbonyl (C=O) groups excluding carboxylic acids is 1. The number of methoxy groups -OCH3 is 2. The summed E-state index contributed by atoms with van der Waals surface area (Å²) in [6.45, 7) is 0. The number of rotatable bonds is 5. The summed E-state index contributed by atoms with van der Waals surface area (Å²) in [6.07, 6.45) is 3.06. The van der Waals surface area contributed by atoms with Crippen LogP contribution in [0.3, 0.4) is 0 Å². The van der Waals surface area contributed by atoms with Crippen LogP contribution in [0.25, 0.3) is 0 Å². The van der Waals surface area contributed by atoms with Gasteiger partial charge < -0.3 is 9.47 Å². The molecule has 0 amide bonds. The maximum atomic E-state index is 12.4. The van der Waals surface area contributed by atoms with E-state index in [-0.39, 0.29) is 5.56 Å². The first-order valence-corrected chi connectivity index (χ1v) is 7.16. The number of esters is 1. The van der Waals surface area contributed by atoms with Crippen LogP contribution >= 0.6 is 0 Å². The van der Waals surface area contributed by atoms with Crippen molar-refractivity contribution in [1.82, 2.24) is 4.98 Å². The molecule has 2 aromatic rings. The molecule has 6 nitrogen and oxygen atoms in total. The van der Waals surface area contributed by atoms with E-state index in [1.165, 1.54) is 20.4 Å². The minimum absolute atomic E-state index is 0.244. The number of anilines is 1. The maximum Gasteiger partial charge on any atom is 0.339 e. The molecule has 7 heteroatoms. The minimum atomic E-state index is -1.65. The van der Waals surface area contributed by atoms with Gasteiger partial charge in [0.1, 0.15) is 11.4 Å². The standard InChI is InChI=1S/C14H14N2O4S/c1-19-12-7-8-15-9-11(12)16-21(18)13-6-4-3-5-10(13)14(17)20-2/h3-9,16H,1-2H3. The van der Waals surface area contributed by atoms with Crippen LogP contribution in [-0.2, 0) is 15.7 Å². The highest BCUT2D eigenvalue weighted by Gasteiger charge is 2.17. The van der Waals surface area contributed by atoms with Crippen LogP contribution in [-0.4, -0.2) is 29.4 Å². The zero-order chi connectivity index (χ0) is 15.2. The lowest BCUT2D eigenvalue weighted by Gasteiger charge is -2.11. The summed E-state index contributed by atoms with van der Waals surface area (Å²) in [5.74, 6) is -0.0344. The molecule has 21 heavy (non-hydrogen) atoms. The van der Waals surface area contributed by atoms with Crippen molar-refractivity contribution in [2.24, 2.45) is 0 Å². The Hall–Kier alpha value is -2.41. The predicted molar refractivity (Wildman–Crippen MR) is 78.6 cm³/mol. The number of pyridine rings is 1. The van der Waals surface area contributed by atoms with E-state index < -0.39 is 17.0 Å². The molecule has 0 radical (unpaired) electrons. The van der Waals surface area contributed by atoms with E-state index in [1.54, 1.807) is 36.5 Å². The normalized spacial score (nSPS) is 11.5. The smallest absolute Gasteiger partial charge is 0.339 e. The van der Waals surface area contributed by atoms with E-state index in [1.807, 2.05) is 0 Å². The number of aromatic nitrogens is 1. The highest BCUT2D eigenvalue weighted by Crippen LogP contribution is 2.24.